The van der Waals surface area contributed by atoms with Gasteiger partial charge in [0.1, 0.15) is 17.6 Å². The molecule has 12 heteroatoms. The molecule has 1 aliphatic carbocycles. The number of aromatic nitrogens is 2. The van der Waals surface area contributed by atoms with E-state index in [0.29, 0.717) is 30.3 Å². The highest BCUT2D eigenvalue weighted by atomic mass is 19.4. The fourth-order valence-corrected chi connectivity index (χ4v) is 4.84. The third-order valence-corrected chi connectivity index (χ3v) is 6.94. The Labute approximate surface area is 235 Å². The molecule has 1 aromatic heterocycles. The van der Waals surface area contributed by atoms with Gasteiger partial charge in [-0.25, -0.2) is 9.07 Å². The highest BCUT2D eigenvalue weighted by molar-refractivity contribution is 5.97. The summed E-state index contributed by atoms with van der Waals surface area (Å²) in [6.07, 6.45) is 3.98. The summed E-state index contributed by atoms with van der Waals surface area (Å²) in [6, 6.07) is 9.89. The van der Waals surface area contributed by atoms with Crippen molar-refractivity contribution < 1.29 is 31.9 Å². The van der Waals surface area contributed by atoms with Crippen LogP contribution in [0.25, 0.3) is 5.69 Å². The lowest BCUT2D eigenvalue weighted by molar-refractivity contribution is -0.274. The molecule has 0 saturated heterocycles. The lowest BCUT2D eigenvalue weighted by atomic mass is 9.84. The molecule has 220 valence electrons. The SMILES string of the molecule is C[C@@H](CNc1ccc(OC(F)(F)F)cc1)NC(=O)[C@H](CC1CCCCC1)NC(=O)c1cnn(-c2ccc(F)cc2)c1. The Morgan fingerprint density at radius 1 is 1.02 bits per heavy atom. The molecule has 4 rings (SSSR count). The van der Waals surface area contributed by atoms with Crippen molar-refractivity contribution in [2.45, 2.75) is 63.9 Å². The zero-order valence-electron chi connectivity index (χ0n) is 22.6. The number of alkyl halides is 3. The van der Waals surface area contributed by atoms with Gasteiger partial charge in [0.25, 0.3) is 5.91 Å². The highest BCUT2D eigenvalue weighted by Gasteiger charge is 2.31. The number of carbonyl (C=O) groups is 2. The summed E-state index contributed by atoms with van der Waals surface area (Å²) < 4.78 is 55.7. The van der Waals surface area contributed by atoms with Gasteiger partial charge in [0.15, 0.2) is 0 Å². The van der Waals surface area contributed by atoms with Crippen LogP contribution in [0.5, 0.6) is 5.75 Å². The number of anilines is 1. The number of benzene rings is 2. The Hall–Kier alpha value is -4.09. The van der Waals surface area contributed by atoms with Gasteiger partial charge in [-0.15, -0.1) is 13.2 Å². The van der Waals surface area contributed by atoms with Crippen molar-refractivity contribution >= 4 is 17.5 Å². The topological polar surface area (TPSA) is 97.3 Å². The molecule has 2 aromatic carbocycles. The summed E-state index contributed by atoms with van der Waals surface area (Å²) in [5.41, 5.74) is 1.42. The largest absolute Gasteiger partial charge is 0.573 e. The van der Waals surface area contributed by atoms with Gasteiger partial charge in [0, 0.05) is 24.5 Å². The predicted octanol–water partition coefficient (Wildman–Crippen LogP) is 5.60. The minimum absolute atomic E-state index is 0.267. The molecule has 0 unspecified atom stereocenters. The van der Waals surface area contributed by atoms with Crippen LogP contribution in [-0.4, -0.2) is 46.6 Å². The van der Waals surface area contributed by atoms with Crippen LogP contribution < -0.4 is 20.7 Å². The van der Waals surface area contributed by atoms with Gasteiger partial charge >= 0.3 is 6.36 Å². The fourth-order valence-electron chi connectivity index (χ4n) is 4.84. The molecule has 2 atom stereocenters. The van der Waals surface area contributed by atoms with Crippen molar-refractivity contribution in [2.24, 2.45) is 5.92 Å². The van der Waals surface area contributed by atoms with E-state index in [2.05, 4.69) is 25.8 Å². The number of nitrogens with one attached hydrogen (secondary N) is 3. The standard InChI is InChI=1S/C29H33F4N5O3/c1-19(16-34-23-9-13-25(14-10-23)41-29(31,32)33)36-28(40)26(15-20-5-3-2-4-6-20)37-27(39)21-17-35-38(18-21)24-11-7-22(30)8-12-24/h7-14,17-20,26,34H,2-6,15-16H2,1H3,(H,36,40)(H,37,39)/t19-,26-/m0/s1. The summed E-state index contributed by atoms with van der Waals surface area (Å²) in [7, 11) is 0. The van der Waals surface area contributed by atoms with Gasteiger partial charge in [-0.05, 0) is 67.8 Å². The maximum Gasteiger partial charge on any atom is 0.573 e. The molecule has 0 bridgehead atoms. The zero-order valence-corrected chi connectivity index (χ0v) is 22.6. The van der Waals surface area contributed by atoms with Crippen LogP contribution in [0.4, 0.5) is 23.2 Å². The molecule has 8 nitrogen and oxygen atoms in total. The lowest BCUT2D eigenvalue weighted by Crippen LogP contribution is -2.51. The molecule has 0 spiro atoms. The molecule has 1 saturated carbocycles. The van der Waals surface area contributed by atoms with Crippen molar-refractivity contribution in [1.82, 2.24) is 20.4 Å². The summed E-state index contributed by atoms with van der Waals surface area (Å²) in [6.45, 7) is 2.10. The van der Waals surface area contributed by atoms with E-state index in [1.54, 1.807) is 19.1 Å². The number of carbonyl (C=O) groups excluding carboxylic acids is 2. The van der Waals surface area contributed by atoms with Gasteiger partial charge < -0.3 is 20.7 Å². The molecule has 1 fully saturated rings. The molecule has 41 heavy (non-hydrogen) atoms. The van der Waals surface area contributed by atoms with Gasteiger partial charge in [-0.1, -0.05) is 32.1 Å². The lowest BCUT2D eigenvalue weighted by Gasteiger charge is -2.27. The maximum absolute atomic E-state index is 13.3. The van der Waals surface area contributed by atoms with Crippen LogP contribution >= 0.6 is 0 Å². The second-order valence-corrected chi connectivity index (χ2v) is 10.3. The average Bonchev–Trinajstić information content (AvgIpc) is 3.43. The third kappa shape index (κ3) is 9.22. The number of rotatable bonds is 11. The van der Waals surface area contributed by atoms with Gasteiger partial charge in [0.05, 0.1) is 17.4 Å². The Morgan fingerprint density at radius 2 is 1.71 bits per heavy atom. The first-order chi connectivity index (χ1) is 19.6. The quantitative estimate of drug-likeness (QED) is 0.259. The van der Waals surface area contributed by atoms with Crippen LogP contribution in [0.1, 0.15) is 55.8 Å². The summed E-state index contributed by atoms with van der Waals surface area (Å²) in [5, 5.41) is 13.1. The van der Waals surface area contributed by atoms with Crippen molar-refractivity contribution in [3.8, 4) is 11.4 Å². The first-order valence-corrected chi connectivity index (χ1v) is 13.6. The Morgan fingerprint density at radius 3 is 2.37 bits per heavy atom. The molecule has 2 amide bonds. The number of hydrogen-bond acceptors (Lipinski definition) is 5. The Bertz CT molecular complexity index is 1290. The maximum atomic E-state index is 13.3. The molecule has 3 aromatic rings. The molecule has 1 heterocycles. The van der Waals surface area contributed by atoms with Crippen molar-refractivity contribution in [3.05, 3.63) is 72.3 Å². The fraction of sp³-hybridized carbons (Fsp3) is 0.414. The Kier molecular flexibility index (Phi) is 9.85. The van der Waals surface area contributed by atoms with Crippen molar-refractivity contribution in [2.75, 3.05) is 11.9 Å². The minimum Gasteiger partial charge on any atom is -0.406 e. The normalized spacial score (nSPS) is 15.5. The van der Waals surface area contributed by atoms with Crippen LogP contribution in [-0.2, 0) is 4.79 Å². The first-order valence-electron chi connectivity index (χ1n) is 13.6. The van der Waals surface area contributed by atoms with Crippen molar-refractivity contribution in [3.63, 3.8) is 0 Å². The number of halogens is 4. The van der Waals surface area contributed by atoms with Gasteiger partial charge in [-0.2, -0.15) is 5.10 Å². The minimum atomic E-state index is -4.76. The molecule has 3 N–H and O–H groups in total. The third-order valence-electron chi connectivity index (χ3n) is 6.94. The van der Waals surface area contributed by atoms with Crippen LogP contribution in [0, 0.1) is 11.7 Å². The highest BCUT2D eigenvalue weighted by Crippen LogP contribution is 2.28. The number of ether oxygens (including phenoxy) is 1. The molecule has 1 aliphatic rings. The summed E-state index contributed by atoms with van der Waals surface area (Å²) in [5.74, 6) is -1.16. The monoisotopic (exact) mass is 575 g/mol. The zero-order chi connectivity index (χ0) is 29.4. The first kappa shape index (κ1) is 29.9. The van der Waals surface area contributed by atoms with E-state index in [4.69, 9.17) is 0 Å². The summed E-state index contributed by atoms with van der Waals surface area (Å²) in [4.78, 5) is 26.4. The second-order valence-electron chi connectivity index (χ2n) is 10.3. The van der Waals surface area contributed by atoms with E-state index in [1.807, 2.05) is 0 Å². The predicted molar refractivity (Wildman–Crippen MR) is 145 cm³/mol. The van der Waals surface area contributed by atoms with Crippen LogP contribution in [0.2, 0.25) is 0 Å². The van der Waals surface area contributed by atoms with E-state index >= 15 is 0 Å². The average molecular weight is 576 g/mol. The Balaban J connectivity index is 1.36. The van der Waals surface area contributed by atoms with E-state index in [0.717, 1.165) is 32.1 Å². The van der Waals surface area contributed by atoms with E-state index in [-0.39, 0.29) is 29.1 Å². The molecular formula is C29H33F4N5O3. The summed E-state index contributed by atoms with van der Waals surface area (Å²) >= 11 is 0. The van der Waals surface area contributed by atoms with E-state index in [1.165, 1.54) is 53.5 Å². The molecule has 0 radical (unpaired) electrons. The molecule has 0 aliphatic heterocycles. The van der Waals surface area contributed by atoms with Crippen LogP contribution in [0.3, 0.4) is 0 Å². The van der Waals surface area contributed by atoms with E-state index < -0.39 is 18.3 Å². The number of amides is 2. The van der Waals surface area contributed by atoms with Crippen molar-refractivity contribution in [1.29, 1.82) is 0 Å². The van der Waals surface area contributed by atoms with Crippen LogP contribution in [0.15, 0.2) is 60.9 Å². The number of hydrogen-bond donors (Lipinski definition) is 3. The smallest absolute Gasteiger partial charge is 0.406 e. The molecular weight excluding hydrogens is 542 g/mol. The van der Waals surface area contributed by atoms with E-state index in [9.17, 15) is 27.2 Å². The van der Waals surface area contributed by atoms with Gasteiger partial charge in [-0.3, -0.25) is 9.59 Å². The van der Waals surface area contributed by atoms with Gasteiger partial charge in [0.2, 0.25) is 5.91 Å². The second kappa shape index (κ2) is 13.5. The number of nitrogens with zero attached hydrogens (tertiary/aromatic N) is 2.